The standard InChI is InChI=1S/C28H34O13/c1-13(7-9-18-23(33)22-19(11-37-27(22)34)14(2)24(18)35-6)8-10-21(32)36-12-20-25(38-15(3)29)26(39-16(4)30)28(41-20)40-17(5)31/h7,20,25-26,28,33H,8-12H2,1-6H3/b13-7+/t20-,25-,26-,28-/m1/s1. The maximum absolute atomic E-state index is 12.5. The van der Waals surface area contributed by atoms with Gasteiger partial charge in [-0.1, -0.05) is 11.6 Å². The molecule has 2 aliphatic rings. The van der Waals surface area contributed by atoms with Crippen LogP contribution in [-0.2, 0) is 60.6 Å². The van der Waals surface area contributed by atoms with Crippen molar-refractivity contribution in [3.8, 4) is 11.5 Å². The SMILES string of the molecule is COc1c(C)c2c(c(O)c1C/C=C(\C)CCC(=O)OC[C@H]1O[C@@H](OC(C)=O)[C@H](OC(C)=O)[C@@H]1OC(C)=O)C(=O)OC2. The number of phenolic OH excluding ortho intramolecular Hbond substituents is 1. The highest BCUT2D eigenvalue weighted by atomic mass is 16.8. The molecule has 0 radical (unpaired) electrons. The van der Waals surface area contributed by atoms with Crippen molar-refractivity contribution in [1.82, 2.24) is 0 Å². The van der Waals surface area contributed by atoms with Crippen molar-refractivity contribution in [3.63, 3.8) is 0 Å². The molecule has 0 amide bonds. The second-order valence-electron chi connectivity index (χ2n) is 9.65. The summed E-state index contributed by atoms with van der Waals surface area (Å²) in [6, 6.07) is 0. The maximum atomic E-state index is 12.5. The largest absolute Gasteiger partial charge is 0.507 e. The van der Waals surface area contributed by atoms with E-state index in [0.717, 1.165) is 26.3 Å². The lowest BCUT2D eigenvalue weighted by molar-refractivity contribution is -0.197. The van der Waals surface area contributed by atoms with Crippen LogP contribution in [0.15, 0.2) is 11.6 Å². The third-order valence-corrected chi connectivity index (χ3v) is 6.59. The van der Waals surface area contributed by atoms with Crippen molar-refractivity contribution in [3.05, 3.63) is 33.9 Å². The summed E-state index contributed by atoms with van der Waals surface area (Å²) >= 11 is 0. The quantitative estimate of drug-likeness (QED) is 0.231. The molecule has 3 rings (SSSR count). The molecule has 2 aliphatic heterocycles. The lowest BCUT2D eigenvalue weighted by Gasteiger charge is -2.22. The Bertz CT molecular complexity index is 1250. The fourth-order valence-corrected chi connectivity index (χ4v) is 4.69. The van der Waals surface area contributed by atoms with E-state index in [1.165, 1.54) is 7.11 Å². The minimum Gasteiger partial charge on any atom is -0.507 e. The number of cyclic esters (lactones) is 1. The molecule has 13 heteroatoms. The fourth-order valence-electron chi connectivity index (χ4n) is 4.69. The van der Waals surface area contributed by atoms with Crippen LogP contribution in [0.25, 0.3) is 0 Å². The number of fused-ring (bicyclic) bond motifs is 1. The second kappa shape index (κ2) is 13.5. The summed E-state index contributed by atoms with van der Waals surface area (Å²) in [5, 5.41) is 10.7. The predicted octanol–water partition coefficient (Wildman–Crippen LogP) is 2.34. The molecule has 0 aliphatic carbocycles. The second-order valence-corrected chi connectivity index (χ2v) is 9.65. The first-order chi connectivity index (χ1) is 19.3. The minimum absolute atomic E-state index is 0.00725. The highest BCUT2D eigenvalue weighted by Gasteiger charge is 2.51. The van der Waals surface area contributed by atoms with Crippen molar-refractivity contribution >= 4 is 29.8 Å². The minimum atomic E-state index is -1.35. The Balaban J connectivity index is 1.61. The summed E-state index contributed by atoms with van der Waals surface area (Å²) in [6.45, 7) is 6.72. The molecule has 1 saturated heterocycles. The summed E-state index contributed by atoms with van der Waals surface area (Å²) in [5.41, 5.74) is 2.69. The Kier molecular flexibility index (Phi) is 10.3. The topological polar surface area (TPSA) is 170 Å². The number of rotatable bonds is 11. The summed E-state index contributed by atoms with van der Waals surface area (Å²) in [5.74, 6) is -3.03. The van der Waals surface area contributed by atoms with Gasteiger partial charge in [0.05, 0.1) is 7.11 Å². The lowest BCUT2D eigenvalue weighted by Crippen LogP contribution is -2.42. The molecule has 1 N–H and O–H groups in total. The Morgan fingerprint density at radius 2 is 1.61 bits per heavy atom. The van der Waals surface area contributed by atoms with Gasteiger partial charge in [0.25, 0.3) is 0 Å². The van der Waals surface area contributed by atoms with Gasteiger partial charge in [0.2, 0.25) is 12.4 Å². The molecule has 0 aromatic heterocycles. The van der Waals surface area contributed by atoms with Gasteiger partial charge in [0.15, 0.2) is 6.10 Å². The van der Waals surface area contributed by atoms with Gasteiger partial charge in [0, 0.05) is 38.3 Å². The van der Waals surface area contributed by atoms with Crippen LogP contribution < -0.4 is 4.74 Å². The molecule has 0 saturated carbocycles. The first-order valence-electron chi connectivity index (χ1n) is 12.9. The van der Waals surface area contributed by atoms with E-state index in [4.69, 9.17) is 33.2 Å². The Labute approximate surface area is 236 Å². The maximum Gasteiger partial charge on any atom is 0.342 e. The van der Waals surface area contributed by atoms with E-state index in [-0.39, 0.29) is 37.4 Å². The number of carbonyl (C=O) groups excluding carboxylic acids is 5. The van der Waals surface area contributed by atoms with Crippen LogP contribution in [0.3, 0.4) is 0 Å². The van der Waals surface area contributed by atoms with Gasteiger partial charge < -0.3 is 38.3 Å². The number of benzene rings is 1. The van der Waals surface area contributed by atoms with Gasteiger partial charge in [-0.15, -0.1) is 0 Å². The van der Waals surface area contributed by atoms with E-state index in [1.54, 1.807) is 19.9 Å². The van der Waals surface area contributed by atoms with Crippen molar-refractivity contribution < 1.29 is 62.2 Å². The zero-order valence-electron chi connectivity index (χ0n) is 23.8. The van der Waals surface area contributed by atoms with Crippen molar-refractivity contribution in [2.24, 2.45) is 0 Å². The monoisotopic (exact) mass is 578 g/mol. The van der Waals surface area contributed by atoms with E-state index < -0.39 is 54.4 Å². The number of methoxy groups -OCH3 is 1. The van der Waals surface area contributed by atoms with E-state index >= 15 is 0 Å². The van der Waals surface area contributed by atoms with Crippen LogP contribution in [0.4, 0.5) is 0 Å². The number of allylic oxidation sites excluding steroid dienone is 2. The first-order valence-corrected chi connectivity index (χ1v) is 12.9. The first kappa shape index (κ1) is 31.4. The molecule has 1 aromatic carbocycles. The molecule has 0 spiro atoms. The molecule has 41 heavy (non-hydrogen) atoms. The number of aromatic hydroxyl groups is 1. The van der Waals surface area contributed by atoms with Gasteiger partial charge in [0.1, 0.15) is 36.4 Å². The molecule has 13 nitrogen and oxygen atoms in total. The molecular formula is C28H34O13. The van der Waals surface area contributed by atoms with Crippen molar-refractivity contribution in [2.75, 3.05) is 13.7 Å². The molecule has 1 fully saturated rings. The molecule has 0 bridgehead atoms. The molecule has 1 aromatic rings. The van der Waals surface area contributed by atoms with Crippen LogP contribution in [-0.4, -0.2) is 73.3 Å². The van der Waals surface area contributed by atoms with Gasteiger partial charge in [-0.3, -0.25) is 19.2 Å². The van der Waals surface area contributed by atoms with E-state index in [9.17, 15) is 29.1 Å². The Morgan fingerprint density at radius 1 is 0.976 bits per heavy atom. The summed E-state index contributed by atoms with van der Waals surface area (Å²) in [6.07, 6.45) is -2.47. The van der Waals surface area contributed by atoms with Crippen LogP contribution in [0.5, 0.6) is 11.5 Å². The average Bonchev–Trinajstić information content (AvgIpc) is 3.42. The summed E-state index contributed by atoms with van der Waals surface area (Å²) in [7, 11) is 1.48. The third-order valence-electron chi connectivity index (χ3n) is 6.59. The van der Waals surface area contributed by atoms with Crippen molar-refractivity contribution in [1.29, 1.82) is 0 Å². The van der Waals surface area contributed by atoms with Crippen LogP contribution in [0, 0.1) is 6.92 Å². The van der Waals surface area contributed by atoms with Gasteiger partial charge in [-0.2, -0.15) is 0 Å². The van der Waals surface area contributed by atoms with E-state index in [0.29, 0.717) is 28.9 Å². The highest BCUT2D eigenvalue weighted by molar-refractivity contribution is 5.98. The van der Waals surface area contributed by atoms with Gasteiger partial charge in [-0.25, -0.2) is 4.79 Å². The third kappa shape index (κ3) is 7.54. The molecule has 224 valence electrons. The lowest BCUT2D eigenvalue weighted by atomic mass is 9.94. The fraction of sp³-hybridized carbons (Fsp3) is 0.536. The molecule has 0 unspecified atom stereocenters. The number of ether oxygens (including phenoxy) is 7. The van der Waals surface area contributed by atoms with Gasteiger partial charge in [-0.05, 0) is 32.3 Å². The van der Waals surface area contributed by atoms with Gasteiger partial charge >= 0.3 is 29.8 Å². The Morgan fingerprint density at radius 3 is 2.22 bits per heavy atom. The molecule has 2 heterocycles. The molecular weight excluding hydrogens is 544 g/mol. The van der Waals surface area contributed by atoms with Crippen LogP contribution >= 0.6 is 0 Å². The number of esters is 5. The predicted molar refractivity (Wildman–Crippen MR) is 138 cm³/mol. The normalized spacial score (nSPS) is 21.5. The Hall–Kier alpha value is -4.13. The number of hydrogen-bond acceptors (Lipinski definition) is 13. The summed E-state index contributed by atoms with van der Waals surface area (Å²) in [4.78, 5) is 59.3. The number of phenols is 1. The number of hydrogen-bond donors (Lipinski definition) is 1. The zero-order chi connectivity index (χ0) is 30.4. The van der Waals surface area contributed by atoms with Crippen molar-refractivity contribution in [2.45, 2.75) is 85.1 Å². The molecule has 4 atom stereocenters. The summed E-state index contributed by atoms with van der Waals surface area (Å²) < 4.78 is 36.9. The average molecular weight is 579 g/mol. The van der Waals surface area contributed by atoms with E-state index in [2.05, 4.69) is 0 Å². The smallest absolute Gasteiger partial charge is 0.342 e. The van der Waals surface area contributed by atoms with E-state index in [1.807, 2.05) is 0 Å². The zero-order valence-corrected chi connectivity index (χ0v) is 23.8. The van der Waals surface area contributed by atoms with Crippen LogP contribution in [0.2, 0.25) is 0 Å². The highest BCUT2D eigenvalue weighted by Crippen LogP contribution is 2.42. The van der Waals surface area contributed by atoms with Crippen LogP contribution in [0.1, 0.15) is 67.6 Å². The number of carbonyl (C=O) groups is 5.